The predicted molar refractivity (Wildman–Crippen MR) is 59.5 cm³/mol. The molecule has 0 aromatic heterocycles. The average molecular weight is 203 g/mol. The monoisotopic (exact) mass is 203 g/mol. The molecule has 0 saturated carbocycles. The molecule has 0 unspecified atom stereocenters. The second kappa shape index (κ2) is 3.79. The van der Waals surface area contributed by atoms with E-state index in [4.69, 9.17) is 10.5 Å². The van der Waals surface area contributed by atoms with Crippen LogP contribution in [0.2, 0.25) is 0 Å². The van der Waals surface area contributed by atoms with E-state index in [1.54, 1.807) is 12.1 Å². The third-order valence-corrected chi connectivity index (χ3v) is 2.30. The van der Waals surface area contributed by atoms with Crippen molar-refractivity contribution in [2.45, 2.75) is 6.42 Å². The Labute approximate surface area is 88.5 Å². The summed E-state index contributed by atoms with van der Waals surface area (Å²) in [6, 6.07) is 5.06. The van der Waals surface area contributed by atoms with E-state index >= 15 is 0 Å². The second-order valence-corrected chi connectivity index (χ2v) is 3.46. The average Bonchev–Trinajstić information content (AvgIpc) is 2.17. The van der Waals surface area contributed by atoms with E-state index < -0.39 is 0 Å². The molecule has 78 valence electrons. The third kappa shape index (κ3) is 1.87. The van der Waals surface area contributed by atoms with Crippen LogP contribution in [0.15, 0.2) is 36.6 Å². The third-order valence-electron chi connectivity index (χ3n) is 2.30. The van der Waals surface area contributed by atoms with Crippen LogP contribution in [-0.4, -0.2) is 11.7 Å². The number of nitrogens with two attached hydrogens (primary N) is 1. The molecule has 15 heavy (non-hydrogen) atoms. The van der Waals surface area contributed by atoms with Crippen molar-refractivity contribution in [1.29, 1.82) is 0 Å². The first-order valence-corrected chi connectivity index (χ1v) is 4.81. The summed E-state index contributed by atoms with van der Waals surface area (Å²) in [5.41, 5.74) is 7.61. The fraction of sp³-hybridized carbons (Fsp3) is 0.167. The van der Waals surface area contributed by atoms with Gasteiger partial charge in [-0.3, -0.25) is 0 Å². The minimum absolute atomic E-state index is 0.190. The normalized spacial score (nSPS) is 14.2. The number of benzene rings is 1. The highest BCUT2D eigenvalue weighted by molar-refractivity contribution is 5.75. The number of allylic oxidation sites excluding steroid dienone is 1. The van der Waals surface area contributed by atoms with Gasteiger partial charge in [0.05, 0.1) is 0 Å². The van der Waals surface area contributed by atoms with Crippen LogP contribution in [0, 0.1) is 0 Å². The van der Waals surface area contributed by atoms with Crippen molar-refractivity contribution in [1.82, 2.24) is 0 Å². The van der Waals surface area contributed by atoms with Gasteiger partial charge in [-0.05, 0) is 36.7 Å². The highest BCUT2D eigenvalue weighted by Gasteiger charge is 2.15. The first kappa shape index (κ1) is 9.80. The molecule has 0 aliphatic carbocycles. The zero-order chi connectivity index (χ0) is 10.8. The summed E-state index contributed by atoms with van der Waals surface area (Å²) in [5.74, 6) is 1.41. The van der Waals surface area contributed by atoms with Crippen LogP contribution < -0.4 is 10.5 Å². The van der Waals surface area contributed by atoms with Crippen molar-refractivity contribution in [3.63, 3.8) is 0 Å². The van der Waals surface area contributed by atoms with E-state index in [0.29, 0.717) is 18.1 Å². The number of hydrogen-bond donors (Lipinski definition) is 2. The smallest absolute Gasteiger partial charge is 0.138 e. The SMILES string of the molecule is C=C1C=C(CCN)c2ccc(O)cc2O1. The van der Waals surface area contributed by atoms with Gasteiger partial charge in [-0.25, -0.2) is 0 Å². The highest BCUT2D eigenvalue weighted by atomic mass is 16.5. The molecule has 0 fully saturated rings. The Morgan fingerprint density at radius 1 is 1.40 bits per heavy atom. The van der Waals surface area contributed by atoms with Crippen molar-refractivity contribution in [3.8, 4) is 11.5 Å². The molecule has 0 radical (unpaired) electrons. The number of aromatic hydroxyl groups is 1. The van der Waals surface area contributed by atoms with E-state index in [-0.39, 0.29) is 5.75 Å². The maximum Gasteiger partial charge on any atom is 0.138 e. The topological polar surface area (TPSA) is 55.5 Å². The molecule has 1 aliphatic rings. The Bertz CT molecular complexity index is 435. The van der Waals surface area contributed by atoms with Crippen LogP contribution in [0.25, 0.3) is 5.57 Å². The molecule has 0 bridgehead atoms. The van der Waals surface area contributed by atoms with Gasteiger partial charge < -0.3 is 15.6 Å². The predicted octanol–water partition coefficient (Wildman–Crippen LogP) is 2.03. The minimum Gasteiger partial charge on any atom is -0.508 e. The number of hydrogen-bond acceptors (Lipinski definition) is 3. The molecule has 2 rings (SSSR count). The summed E-state index contributed by atoms with van der Waals surface area (Å²) in [5, 5.41) is 9.34. The summed E-state index contributed by atoms with van der Waals surface area (Å²) < 4.78 is 5.42. The number of rotatable bonds is 2. The number of phenols is 1. The molecule has 0 atom stereocenters. The van der Waals surface area contributed by atoms with Crippen molar-refractivity contribution in [3.05, 3.63) is 42.2 Å². The van der Waals surface area contributed by atoms with Crippen LogP contribution in [0.3, 0.4) is 0 Å². The Hall–Kier alpha value is -1.74. The Kier molecular flexibility index (Phi) is 2.47. The quantitative estimate of drug-likeness (QED) is 0.773. The zero-order valence-corrected chi connectivity index (χ0v) is 8.36. The van der Waals surface area contributed by atoms with E-state index in [1.165, 1.54) is 0 Å². The summed E-state index contributed by atoms with van der Waals surface area (Å²) in [6.07, 6.45) is 2.66. The molecule has 0 spiro atoms. The fourth-order valence-corrected chi connectivity index (χ4v) is 1.67. The van der Waals surface area contributed by atoms with Gasteiger partial charge in [0.15, 0.2) is 0 Å². The Morgan fingerprint density at radius 2 is 2.20 bits per heavy atom. The summed E-state index contributed by atoms with van der Waals surface area (Å²) in [6.45, 7) is 4.34. The summed E-state index contributed by atoms with van der Waals surface area (Å²) in [7, 11) is 0. The molecular weight excluding hydrogens is 190 g/mol. The standard InChI is InChI=1S/C12H13NO2/c1-8-6-9(4-5-13)11-3-2-10(14)7-12(11)15-8/h2-3,6-7,14H,1,4-5,13H2. The molecule has 1 aliphatic heterocycles. The van der Waals surface area contributed by atoms with E-state index in [0.717, 1.165) is 17.6 Å². The number of phenolic OH excluding ortho intramolecular Hbond substituents is 1. The molecule has 0 saturated heterocycles. The maximum atomic E-state index is 9.34. The van der Waals surface area contributed by atoms with Gasteiger partial charge >= 0.3 is 0 Å². The molecule has 3 heteroatoms. The molecule has 0 amide bonds. The van der Waals surface area contributed by atoms with E-state index in [2.05, 4.69) is 6.58 Å². The van der Waals surface area contributed by atoms with Gasteiger partial charge in [0.25, 0.3) is 0 Å². The van der Waals surface area contributed by atoms with Gasteiger partial charge in [0.2, 0.25) is 0 Å². The molecule has 1 heterocycles. The van der Waals surface area contributed by atoms with Gasteiger partial charge in [0.1, 0.15) is 17.3 Å². The van der Waals surface area contributed by atoms with Gasteiger partial charge in [-0.2, -0.15) is 0 Å². The minimum atomic E-state index is 0.190. The molecule has 1 aromatic carbocycles. The first-order valence-electron chi connectivity index (χ1n) is 4.81. The van der Waals surface area contributed by atoms with Crippen LogP contribution >= 0.6 is 0 Å². The van der Waals surface area contributed by atoms with Crippen molar-refractivity contribution >= 4 is 5.57 Å². The lowest BCUT2D eigenvalue weighted by molar-refractivity contribution is 0.429. The summed E-state index contributed by atoms with van der Waals surface area (Å²) >= 11 is 0. The molecule has 3 N–H and O–H groups in total. The van der Waals surface area contributed by atoms with Crippen LogP contribution in [-0.2, 0) is 0 Å². The van der Waals surface area contributed by atoms with E-state index in [1.807, 2.05) is 12.1 Å². The Balaban J connectivity index is 2.47. The maximum absolute atomic E-state index is 9.34. The lowest BCUT2D eigenvalue weighted by Gasteiger charge is -2.19. The molecular formula is C12H13NO2. The second-order valence-electron chi connectivity index (χ2n) is 3.46. The lowest BCUT2D eigenvalue weighted by Crippen LogP contribution is -2.06. The van der Waals surface area contributed by atoms with Crippen LogP contribution in [0.1, 0.15) is 12.0 Å². The number of ether oxygens (including phenoxy) is 1. The fourth-order valence-electron chi connectivity index (χ4n) is 1.67. The summed E-state index contributed by atoms with van der Waals surface area (Å²) in [4.78, 5) is 0. The Morgan fingerprint density at radius 3 is 2.93 bits per heavy atom. The van der Waals surface area contributed by atoms with Gasteiger partial charge in [-0.15, -0.1) is 0 Å². The molecule has 1 aromatic rings. The zero-order valence-electron chi connectivity index (χ0n) is 8.36. The van der Waals surface area contributed by atoms with E-state index in [9.17, 15) is 5.11 Å². The lowest BCUT2D eigenvalue weighted by atomic mass is 9.99. The van der Waals surface area contributed by atoms with Gasteiger partial charge in [0, 0.05) is 11.6 Å². The highest BCUT2D eigenvalue weighted by Crippen LogP contribution is 2.36. The van der Waals surface area contributed by atoms with Crippen LogP contribution in [0.4, 0.5) is 0 Å². The molecule has 3 nitrogen and oxygen atoms in total. The number of fused-ring (bicyclic) bond motifs is 1. The largest absolute Gasteiger partial charge is 0.508 e. The van der Waals surface area contributed by atoms with Crippen LogP contribution in [0.5, 0.6) is 11.5 Å². The van der Waals surface area contributed by atoms with Crippen molar-refractivity contribution < 1.29 is 9.84 Å². The van der Waals surface area contributed by atoms with Crippen molar-refractivity contribution in [2.24, 2.45) is 5.73 Å². The first-order chi connectivity index (χ1) is 7.20. The van der Waals surface area contributed by atoms with Crippen molar-refractivity contribution in [2.75, 3.05) is 6.54 Å². The van der Waals surface area contributed by atoms with Gasteiger partial charge in [-0.1, -0.05) is 6.58 Å².